The summed E-state index contributed by atoms with van der Waals surface area (Å²) in [4.78, 5) is 31.0. The molecule has 1 N–H and O–H groups in total. The van der Waals surface area contributed by atoms with Crippen LogP contribution in [0.2, 0.25) is 0 Å². The second-order valence-electron chi connectivity index (χ2n) is 6.09. The lowest BCUT2D eigenvalue weighted by molar-refractivity contribution is -0.162. The van der Waals surface area contributed by atoms with Crippen LogP contribution >= 0.6 is 0 Å². The molecule has 1 aromatic rings. The Kier molecular flexibility index (Phi) is 3.78. The first kappa shape index (κ1) is 15.5. The van der Waals surface area contributed by atoms with Gasteiger partial charge in [0.25, 0.3) is 0 Å². The average molecular weight is 293 g/mol. The molecule has 116 valence electrons. The second-order valence-corrected chi connectivity index (χ2v) is 6.09. The molecule has 0 radical (unpaired) electrons. The van der Waals surface area contributed by atoms with E-state index in [1.54, 1.807) is 30.4 Å². The van der Waals surface area contributed by atoms with Crippen molar-refractivity contribution in [2.24, 2.45) is 0 Å². The molecule has 0 bridgehead atoms. The summed E-state index contributed by atoms with van der Waals surface area (Å²) in [5.74, 6) is 0.463. The molecule has 7 heteroatoms. The molecule has 0 saturated carbocycles. The largest absolute Gasteiger partial charge is 0.340 e. The predicted octanol–water partition coefficient (Wildman–Crippen LogP) is 0.704. The van der Waals surface area contributed by atoms with Gasteiger partial charge in [0.1, 0.15) is 23.2 Å². The summed E-state index contributed by atoms with van der Waals surface area (Å²) < 4.78 is 1.74. The minimum absolute atomic E-state index is 0.0999. The number of rotatable bonds is 4. The van der Waals surface area contributed by atoms with Crippen molar-refractivity contribution in [3.63, 3.8) is 0 Å². The molecule has 1 saturated heterocycles. The molecular formula is C14H23N5O2. The van der Waals surface area contributed by atoms with E-state index in [2.05, 4.69) is 15.4 Å². The molecule has 1 atom stereocenters. The van der Waals surface area contributed by atoms with E-state index in [4.69, 9.17) is 0 Å². The maximum atomic E-state index is 12.7. The van der Waals surface area contributed by atoms with Gasteiger partial charge in [-0.25, -0.2) is 9.67 Å². The van der Waals surface area contributed by atoms with Crippen molar-refractivity contribution in [3.8, 4) is 0 Å². The third-order valence-electron chi connectivity index (χ3n) is 4.27. The Hall–Kier alpha value is -1.92. The van der Waals surface area contributed by atoms with Crippen LogP contribution in [0.3, 0.4) is 0 Å². The topological polar surface area (TPSA) is 80.1 Å². The van der Waals surface area contributed by atoms with Crippen LogP contribution in [0.25, 0.3) is 0 Å². The van der Waals surface area contributed by atoms with Gasteiger partial charge in [-0.3, -0.25) is 9.59 Å². The Balaban J connectivity index is 2.40. The summed E-state index contributed by atoms with van der Waals surface area (Å²) in [6.07, 6.45) is 2.02. The number of aryl methyl sites for hydroxylation is 1. The number of amides is 2. The van der Waals surface area contributed by atoms with Gasteiger partial charge in [0.2, 0.25) is 11.8 Å². The highest BCUT2D eigenvalue weighted by Gasteiger charge is 2.51. The van der Waals surface area contributed by atoms with Crippen molar-refractivity contribution in [1.29, 1.82) is 0 Å². The molecular weight excluding hydrogens is 270 g/mol. The molecule has 2 rings (SSSR count). The lowest BCUT2D eigenvalue weighted by Gasteiger charge is -2.48. The van der Waals surface area contributed by atoms with Gasteiger partial charge in [-0.1, -0.05) is 6.92 Å². The Bertz CT molecular complexity index is 565. The molecule has 2 heterocycles. The highest BCUT2D eigenvalue weighted by molar-refractivity contribution is 6.01. The number of hydrogen-bond donors (Lipinski definition) is 1. The highest BCUT2D eigenvalue weighted by atomic mass is 16.2. The van der Waals surface area contributed by atoms with Crippen LogP contribution in [0.15, 0.2) is 6.33 Å². The molecule has 0 spiro atoms. The minimum Gasteiger partial charge on any atom is -0.340 e. The maximum absolute atomic E-state index is 12.7. The number of aromatic nitrogens is 3. The Labute approximate surface area is 124 Å². The summed E-state index contributed by atoms with van der Waals surface area (Å²) in [5, 5.41) is 6.93. The summed E-state index contributed by atoms with van der Waals surface area (Å²) in [6, 6.07) is 0. The second kappa shape index (κ2) is 5.13. The summed E-state index contributed by atoms with van der Waals surface area (Å²) in [5.41, 5.74) is -1.76. The van der Waals surface area contributed by atoms with E-state index in [0.29, 0.717) is 18.8 Å². The van der Waals surface area contributed by atoms with Crippen molar-refractivity contribution < 1.29 is 9.59 Å². The van der Waals surface area contributed by atoms with E-state index in [0.717, 1.165) is 0 Å². The zero-order valence-corrected chi connectivity index (χ0v) is 13.3. The van der Waals surface area contributed by atoms with Gasteiger partial charge in [0.05, 0.1) is 6.54 Å². The zero-order chi connectivity index (χ0) is 15.8. The van der Waals surface area contributed by atoms with Crippen molar-refractivity contribution in [3.05, 3.63) is 12.2 Å². The quantitative estimate of drug-likeness (QED) is 0.886. The van der Waals surface area contributed by atoms with Crippen molar-refractivity contribution in [1.82, 2.24) is 25.0 Å². The summed E-state index contributed by atoms with van der Waals surface area (Å²) >= 11 is 0. The lowest BCUT2D eigenvalue weighted by Crippen LogP contribution is -2.72. The maximum Gasteiger partial charge on any atom is 0.249 e. The average Bonchev–Trinajstić information content (AvgIpc) is 2.88. The number of carbonyl (C=O) groups excluding carboxylic acids is 2. The van der Waals surface area contributed by atoms with Crippen LogP contribution in [-0.4, -0.2) is 42.6 Å². The molecule has 1 unspecified atom stereocenters. The number of hydrogen-bond acceptors (Lipinski definition) is 4. The summed E-state index contributed by atoms with van der Waals surface area (Å²) in [7, 11) is 0. The van der Waals surface area contributed by atoms with Crippen molar-refractivity contribution in [2.75, 3.05) is 0 Å². The molecule has 21 heavy (non-hydrogen) atoms. The Morgan fingerprint density at radius 3 is 2.48 bits per heavy atom. The van der Waals surface area contributed by atoms with Gasteiger partial charge in [0, 0.05) is 6.54 Å². The van der Waals surface area contributed by atoms with E-state index in [1.165, 1.54) is 6.33 Å². The van der Waals surface area contributed by atoms with Crippen LogP contribution in [0.1, 0.15) is 46.9 Å². The van der Waals surface area contributed by atoms with E-state index in [1.807, 2.05) is 13.8 Å². The van der Waals surface area contributed by atoms with Crippen molar-refractivity contribution in [2.45, 2.75) is 65.2 Å². The van der Waals surface area contributed by atoms with Gasteiger partial charge in [-0.05, 0) is 34.1 Å². The predicted molar refractivity (Wildman–Crippen MR) is 77.2 cm³/mol. The third kappa shape index (κ3) is 2.41. The molecule has 7 nitrogen and oxygen atoms in total. The Morgan fingerprint density at radius 1 is 1.24 bits per heavy atom. The zero-order valence-electron chi connectivity index (χ0n) is 13.3. The number of carbonyl (C=O) groups is 2. The van der Waals surface area contributed by atoms with Gasteiger partial charge in [0.15, 0.2) is 0 Å². The highest BCUT2D eigenvalue weighted by Crippen LogP contribution is 2.30. The monoisotopic (exact) mass is 293 g/mol. The normalized spacial score (nSPS) is 25.1. The fourth-order valence-corrected chi connectivity index (χ4v) is 2.57. The van der Waals surface area contributed by atoms with Gasteiger partial charge in [-0.2, -0.15) is 5.10 Å². The standard InChI is InChI=1S/C14H23N5O2/c1-6-14(5)11(20)17-13(3,4)12(21)18(14)8-10-15-9-16-19(10)7-2/h9H,6-8H2,1-5H3,(H,17,20). The van der Waals surface area contributed by atoms with Crippen molar-refractivity contribution >= 4 is 11.8 Å². The fourth-order valence-electron chi connectivity index (χ4n) is 2.57. The van der Waals surface area contributed by atoms with Gasteiger partial charge < -0.3 is 10.2 Å². The van der Waals surface area contributed by atoms with Crippen LogP contribution in [0.5, 0.6) is 0 Å². The smallest absolute Gasteiger partial charge is 0.249 e. The molecule has 1 aromatic heterocycles. The number of nitrogens with zero attached hydrogens (tertiary/aromatic N) is 4. The minimum atomic E-state index is -0.900. The SMILES string of the molecule is CCn1ncnc1CN1C(=O)C(C)(C)NC(=O)C1(C)CC. The summed E-state index contributed by atoms with van der Waals surface area (Å²) in [6.45, 7) is 10.1. The molecule has 1 fully saturated rings. The first-order valence-corrected chi connectivity index (χ1v) is 7.27. The first-order valence-electron chi connectivity index (χ1n) is 7.27. The fraction of sp³-hybridized carbons (Fsp3) is 0.714. The molecule has 0 aliphatic carbocycles. The molecule has 1 aliphatic heterocycles. The van der Waals surface area contributed by atoms with Crippen LogP contribution < -0.4 is 5.32 Å². The Morgan fingerprint density at radius 2 is 1.90 bits per heavy atom. The van der Waals surface area contributed by atoms with E-state index >= 15 is 0 Å². The number of nitrogens with one attached hydrogen (secondary N) is 1. The van der Waals surface area contributed by atoms with E-state index < -0.39 is 11.1 Å². The van der Waals surface area contributed by atoms with Crippen LogP contribution in [0.4, 0.5) is 0 Å². The van der Waals surface area contributed by atoms with Crippen LogP contribution in [0, 0.1) is 0 Å². The molecule has 2 amide bonds. The third-order valence-corrected chi connectivity index (χ3v) is 4.27. The van der Waals surface area contributed by atoms with Crippen LogP contribution in [-0.2, 0) is 22.7 Å². The van der Waals surface area contributed by atoms with Gasteiger partial charge in [-0.15, -0.1) is 0 Å². The lowest BCUT2D eigenvalue weighted by atomic mass is 9.86. The molecule has 0 aromatic carbocycles. The first-order chi connectivity index (χ1) is 9.76. The molecule has 1 aliphatic rings. The van der Waals surface area contributed by atoms with E-state index in [9.17, 15) is 9.59 Å². The van der Waals surface area contributed by atoms with Gasteiger partial charge >= 0.3 is 0 Å². The van der Waals surface area contributed by atoms with E-state index in [-0.39, 0.29) is 18.4 Å². The number of piperazine rings is 1.